The molecule has 0 aliphatic heterocycles. The first-order valence-electron chi connectivity index (χ1n) is 7.90. The molecule has 6 nitrogen and oxygen atoms in total. The molecule has 1 heterocycles. The molecule has 0 spiro atoms. The molecule has 0 unspecified atom stereocenters. The Hall–Kier alpha value is -2.99. The maximum atomic E-state index is 12.4. The zero-order chi connectivity index (χ0) is 18.5. The Morgan fingerprint density at radius 1 is 1.08 bits per heavy atom. The lowest BCUT2D eigenvalue weighted by atomic mass is 10.2. The first-order valence-corrected chi connectivity index (χ1v) is 8.28. The van der Waals surface area contributed by atoms with Crippen LogP contribution in [0.25, 0.3) is 0 Å². The Kier molecular flexibility index (Phi) is 5.43. The van der Waals surface area contributed by atoms with Crippen molar-refractivity contribution in [2.45, 2.75) is 6.54 Å². The number of carbonyl (C=O) groups excluding carboxylic acids is 1. The molecule has 2 aromatic carbocycles. The first kappa shape index (κ1) is 17.8. The van der Waals surface area contributed by atoms with Crippen LogP contribution in [0, 0.1) is 0 Å². The Bertz CT molecular complexity index is 907. The minimum Gasteiger partial charge on any atom is -0.493 e. The molecule has 3 aromatic rings. The highest BCUT2D eigenvalue weighted by Gasteiger charge is 2.12. The highest BCUT2D eigenvalue weighted by molar-refractivity contribution is 6.30. The van der Waals surface area contributed by atoms with Crippen LogP contribution in [0.2, 0.25) is 5.02 Å². The molecule has 0 saturated heterocycles. The van der Waals surface area contributed by atoms with Gasteiger partial charge >= 0.3 is 0 Å². The van der Waals surface area contributed by atoms with Crippen molar-refractivity contribution >= 4 is 23.3 Å². The van der Waals surface area contributed by atoms with Gasteiger partial charge in [-0.05, 0) is 35.9 Å². The standard InChI is InChI=1S/C19H18ClN3O3/c1-25-16-8-5-14(11-17(16)26-2)19(24)21-18-9-10-23(22-18)12-13-3-6-15(20)7-4-13/h3-11H,12H2,1-2H3,(H,21,22,24). The van der Waals surface area contributed by atoms with Crippen molar-refractivity contribution < 1.29 is 14.3 Å². The molecule has 0 saturated carbocycles. The van der Waals surface area contributed by atoms with Gasteiger partial charge in [-0.3, -0.25) is 9.48 Å². The number of methoxy groups -OCH3 is 2. The molecule has 26 heavy (non-hydrogen) atoms. The van der Waals surface area contributed by atoms with Crippen molar-refractivity contribution in [1.82, 2.24) is 9.78 Å². The average molecular weight is 372 g/mol. The van der Waals surface area contributed by atoms with Crippen LogP contribution in [0.5, 0.6) is 11.5 Å². The quantitative estimate of drug-likeness (QED) is 0.714. The largest absolute Gasteiger partial charge is 0.493 e. The van der Waals surface area contributed by atoms with Crippen LogP contribution < -0.4 is 14.8 Å². The number of halogens is 1. The van der Waals surface area contributed by atoms with Crippen molar-refractivity contribution in [2.24, 2.45) is 0 Å². The van der Waals surface area contributed by atoms with Crippen LogP contribution in [0.4, 0.5) is 5.82 Å². The number of nitrogens with zero attached hydrogens (tertiary/aromatic N) is 2. The van der Waals surface area contributed by atoms with Crippen LogP contribution >= 0.6 is 11.6 Å². The first-order chi connectivity index (χ1) is 12.6. The molecule has 1 aromatic heterocycles. The molecule has 0 atom stereocenters. The van der Waals surface area contributed by atoms with Crippen molar-refractivity contribution in [3.63, 3.8) is 0 Å². The lowest BCUT2D eigenvalue weighted by Crippen LogP contribution is -2.13. The summed E-state index contributed by atoms with van der Waals surface area (Å²) in [6.07, 6.45) is 1.80. The van der Waals surface area contributed by atoms with Crippen molar-refractivity contribution in [3.05, 3.63) is 70.9 Å². The van der Waals surface area contributed by atoms with Crippen molar-refractivity contribution in [2.75, 3.05) is 19.5 Å². The third-order valence-corrected chi connectivity index (χ3v) is 4.04. The Morgan fingerprint density at radius 3 is 2.50 bits per heavy atom. The third kappa shape index (κ3) is 4.15. The zero-order valence-corrected chi connectivity index (χ0v) is 15.2. The number of rotatable bonds is 6. The Labute approximate surface area is 156 Å². The topological polar surface area (TPSA) is 65.4 Å². The molecule has 134 valence electrons. The SMILES string of the molecule is COc1ccc(C(=O)Nc2ccn(Cc3ccc(Cl)cc3)n2)cc1OC. The lowest BCUT2D eigenvalue weighted by molar-refractivity contribution is 0.102. The molecule has 7 heteroatoms. The molecule has 3 rings (SSSR count). The number of carbonyl (C=O) groups is 1. The second-order valence-electron chi connectivity index (χ2n) is 5.55. The van der Waals surface area contributed by atoms with Gasteiger partial charge in [-0.15, -0.1) is 0 Å². The highest BCUT2D eigenvalue weighted by atomic mass is 35.5. The fourth-order valence-corrected chi connectivity index (χ4v) is 2.59. The van der Waals surface area contributed by atoms with Gasteiger partial charge < -0.3 is 14.8 Å². The van der Waals surface area contributed by atoms with E-state index in [1.54, 1.807) is 42.3 Å². The van der Waals surface area contributed by atoms with Crippen LogP contribution in [0.15, 0.2) is 54.7 Å². The second kappa shape index (κ2) is 7.93. The van der Waals surface area contributed by atoms with Gasteiger partial charge in [0.05, 0.1) is 20.8 Å². The monoisotopic (exact) mass is 371 g/mol. The minimum atomic E-state index is -0.275. The van der Waals surface area contributed by atoms with Gasteiger partial charge in [0.1, 0.15) is 0 Å². The summed E-state index contributed by atoms with van der Waals surface area (Å²) < 4.78 is 12.1. The van der Waals surface area contributed by atoms with Gasteiger partial charge in [0.15, 0.2) is 17.3 Å². The van der Waals surface area contributed by atoms with Crippen LogP contribution in [-0.2, 0) is 6.54 Å². The number of nitrogens with one attached hydrogen (secondary N) is 1. The zero-order valence-electron chi connectivity index (χ0n) is 14.4. The van der Waals surface area contributed by atoms with Crippen molar-refractivity contribution in [1.29, 1.82) is 0 Å². The van der Waals surface area contributed by atoms with Gasteiger partial charge in [-0.2, -0.15) is 5.10 Å². The van der Waals surface area contributed by atoms with E-state index in [4.69, 9.17) is 21.1 Å². The van der Waals surface area contributed by atoms with Gasteiger partial charge in [0, 0.05) is 22.8 Å². The second-order valence-corrected chi connectivity index (χ2v) is 5.99. The summed E-state index contributed by atoms with van der Waals surface area (Å²) in [5, 5.41) is 7.83. The lowest BCUT2D eigenvalue weighted by Gasteiger charge is -2.09. The molecular weight excluding hydrogens is 354 g/mol. The number of amides is 1. The molecule has 0 bridgehead atoms. The van der Waals surface area contributed by atoms with Gasteiger partial charge in [-0.1, -0.05) is 23.7 Å². The van der Waals surface area contributed by atoms with Crippen LogP contribution in [0.1, 0.15) is 15.9 Å². The predicted octanol–water partition coefficient (Wildman–Crippen LogP) is 3.85. The molecule has 0 radical (unpaired) electrons. The summed E-state index contributed by atoms with van der Waals surface area (Å²) in [5.74, 6) is 1.26. The van der Waals surface area contributed by atoms with E-state index in [0.717, 1.165) is 5.56 Å². The number of aromatic nitrogens is 2. The number of hydrogen-bond acceptors (Lipinski definition) is 4. The summed E-state index contributed by atoms with van der Waals surface area (Å²) in [6, 6.07) is 14.3. The van der Waals surface area contributed by atoms with E-state index in [2.05, 4.69) is 10.4 Å². The van der Waals surface area contributed by atoms with Crippen molar-refractivity contribution in [3.8, 4) is 11.5 Å². The molecule has 1 N–H and O–H groups in total. The summed E-state index contributed by atoms with van der Waals surface area (Å²) in [6.45, 7) is 0.587. The van der Waals surface area contributed by atoms with E-state index in [0.29, 0.717) is 34.4 Å². The molecular formula is C19H18ClN3O3. The summed E-state index contributed by atoms with van der Waals surface area (Å²) in [4.78, 5) is 12.4. The third-order valence-electron chi connectivity index (χ3n) is 3.79. The summed E-state index contributed by atoms with van der Waals surface area (Å²) in [7, 11) is 3.07. The Balaban J connectivity index is 1.68. The van der Waals surface area contributed by atoms with E-state index < -0.39 is 0 Å². The fourth-order valence-electron chi connectivity index (χ4n) is 2.46. The van der Waals surface area contributed by atoms with Gasteiger partial charge in [0.2, 0.25) is 0 Å². The van der Waals surface area contributed by atoms with E-state index in [1.165, 1.54) is 7.11 Å². The predicted molar refractivity (Wildman–Crippen MR) is 100 cm³/mol. The maximum absolute atomic E-state index is 12.4. The molecule has 0 fully saturated rings. The maximum Gasteiger partial charge on any atom is 0.257 e. The molecule has 0 aliphatic rings. The van der Waals surface area contributed by atoms with Gasteiger partial charge in [-0.25, -0.2) is 0 Å². The number of ether oxygens (including phenoxy) is 2. The Morgan fingerprint density at radius 2 is 1.81 bits per heavy atom. The van der Waals surface area contributed by atoms with E-state index in [-0.39, 0.29) is 5.91 Å². The van der Waals surface area contributed by atoms with Gasteiger partial charge in [0.25, 0.3) is 5.91 Å². The smallest absolute Gasteiger partial charge is 0.257 e. The number of hydrogen-bond donors (Lipinski definition) is 1. The average Bonchev–Trinajstić information content (AvgIpc) is 3.09. The number of anilines is 1. The minimum absolute atomic E-state index is 0.275. The highest BCUT2D eigenvalue weighted by Crippen LogP contribution is 2.27. The summed E-state index contributed by atoms with van der Waals surface area (Å²) >= 11 is 5.89. The molecule has 1 amide bonds. The van der Waals surface area contributed by atoms with E-state index in [1.807, 2.05) is 24.3 Å². The van der Waals surface area contributed by atoms with Crippen LogP contribution in [-0.4, -0.2) is 29.9 Å². The normalized spacial score (nSPS) is 10.4. The van der Waals surface area contributed by atoms with E-state index >= 15 is 0 Å². The summed E-state index contributed by atoms with van der Waals surface area (Å²) in [5.41, 5.74) is 1.52. The fraction of sp³-hybridized carbons (Fsp3) is 0.158. The van der Waals surface area contributed by atoms with E-state index in [9.17, 15) is 4.79 Å². The van der Waals surface area contributed by atoms with Crippen LogP contribution in [0.3, 0.4) is 0 Å². The number of benzene rings is 2. The molecule has 0 aliphatic carbocycles.